The largest absolute Gasteiger partial charge is 0.398 e. The van der Waals surface area contributed by atoms with Crippen molar-refractivity contribution < 1.29 is 12.8 Å². The summed E-state index contributed by atoms with van der Waals surface area (Å²) in [4.78, 5) is -0.173. The van der Waals surface area contributed by atoms with Gasteiger partial charge in [0.25, 0.3) is 0 Å². The lowest BCUT2D eigenvalue weighted by Gasteiger charge is -2.14. The minimum atomic E-state index is -3.87. The van der Waals surface area contributed by atoms with Crippen molar-refractivity contribution in [1.29, 1.82) is 0 Å². The molecule has 2 rings (SSSR count). The topological polar surface area (TPSA) is 103 Å². The van der Waals surface area contributed by atoms with Gasteiger partial charge in [0.1, 0.15) is 22.9 Å². The van der Waals surface area contributed by atoms with Crippen LogP contribution in [-0.2, 0) is 17.1 Å². The van der Waals surface area contributed by atoms with E-state index in [-0.39, 0.29) is 10.6 Å². The highest BCUT2D eigenvalue weighted by Crippen LogP contribution is 2.21. The molecule has 0 saturated carbocycles. The number of hydrogen-bond acceptors (Lipinski definition) is 5. The number of nitrogens with two attached hydrogens (primary N) is 1. The first kappa shape index (κ1) is 14.4. The normalized spacial score (nSPS) is 13.3. The van der Waals surface area contributed by atoms with Crippen LogP contribution in [-0.4, -0.2) is 23.2 Å². The summed E-state index contributed by atoms with van der Waals surface area (Å²) in [7, 11) is -2.17. The molecule has 108 valence electrons. The zero-order chi connectivity index (χ0) is 14.9. The van der Waals surface area contributed by atoms with Gasteiger partial charge in [-0.05, 0) is 25.1 Å². The number of sulfonamides is 1. The molecule has 0 spiro atoms. The Morgan fingerprint density at radius 2 is 2.15 bits per heavy atom. The second-order valence-corrected chi connectivity index (χ2v) is 6.01. The van der Waals surface area contributed by atoms with Crippen molar-refractivity contribution in [3.8, 4) is 0 Å². The van der Waals surface area contributed by atoms with Gasteiger partial charge < -0.3 is 10.3 Å². The highest BCUT2D eigenvalue weighted by molar-refractivity contribution is 7.89. The Bertz CT molecular complexity index is 728. The third kappa shape index (κ3) is 2.78. The smallest absolute Gasteiger partial charge is 0.243 e. The molecular formula is C11H14FN5O2S. The predicted octanol–water partition coefficient (Wildman–Crippen LogP) is 0.576. The molecule has 0 amide bonds. The van der Waals surface area contributed by atoms with Gasteiger partial charge in [-0.2, -0.15) is 0 Å². The standard InChI is InChI=1S/C11H14FN5O2S/c1-7(11-15-14-6-17(11)2)16-20(18,19)10-4-3-8(12)5-9(10)13/h3-7,16H,13H2,1-2H3. The highest BCUT2D eigenvalue weighted by Gasteiger charge is 2.23. The van der Waals surface area contributed by atoms with E-state index in [0.717, 1.165) is 18.2 Å². The lowest BCUT2D eigenvalue weighted by Crippen LogP contribution is -2.29. The SMILES string of the molecule is CC(NS(=O)(=O)c1ccc(F)cc1N)c1nncn1C. The summed E-state index contributed by atoms with van der Waals surface area (Å²) in [5.41, 5.74) is 5.39. The Labute approximate surface area is 115 Å². The maximum atomic E-state index is 13.0. The van der Waals surface area contributed by atoms with Gasteiger partial charge in [-0.25, -0.2) is 17.5 Å². The van der Waals surface area contributed by atoms with E-state index in [1.54, 1.807) is 18.5 Å². The first-order valence-corrected chi connectivity index (χ1v) is 7.21. The Hall–Kier alpha value is -2.00. The zero-order valence-electron chi connectivity index (χ0n) is 10.9. The quantitative estimate of drug-likeness (QED) is 0.804. The van der Waals surface area contributed by atoms with Crippen LogP contribution in [0.5, 0.6) is 0 Å². The summed E-state index contributed by atoms with van der Waals surface area (Å²) in [6, 6.07) is 2.52. The van der Waals surface area contributed by atoms with Crippen LogP contribution in [0.3, 0.4) is 0 Å². The molecule has 1 aromatic heterocycles. The van der Waals surface area contributed by atoms with Crippen LogP contribution in [0.4, 0.5) is 10.1 Å². The molecule has 1 unspecified atom stereocenters. The number of rotatable bonds is 4. The Balaban J connectivity index is 2.30. The van der Waals surface area contributed by atoms with Crippen molar-refractivity contribution >= 4 is 15.7 Å². The molecule has 0 aliphatic carbocycles. The molecule has 1 heterocycles. The summed E-state index contributed by atoms with van der Waals surface area (Å²) >= 11 is 0. The van der Waals surface area contributed by atoms with E-state index in [4.69, 9.17) is 5.73 Å². The minimum absolute atomic E-state index is 0.150. The fourth-order valence-electron chi connectivity index (χ4n) is 1.80. The van der Waals surface area contributed by atoms with Gasteiger partial charge in [-0.15, -0.1) is 10.2 Å². The van der Waals surface area contributed by atoms with E-state index in [2.05, 4.69) is 14.9 Å². The number of anilines is 1. The molecule has 0 bridgehead atoms. The molecule has 2 aromatic rings. The lowest BCUT2D eigenvalue weighted by molar-refractivity contribution is 0.553. The van der Waals surface area contributed by atoms with Gasteiger partial charge in [0, 0.05) is 7.05 Å². The third-order valence-electron chi connectivity index (χ3n) is 2.73. The molecule has 20 heavy (non-hydrogen) atoms. The van der Waals surface area contributed by atoms with Gasteiger partial charge in [0.2, 0.25) is 10.0 Å². The third-order valence-corrected chi connectivity index (χ3v) is 4.34. The van der Waals surface area contributed by atoms with E-state index >= 15 is 0 Å². The number of nitrogens with one attached hydrogen (secondary N) is 1. The number of nitrogen functional groups attached to an aromatic ring is 1. The molecule has 3 N–H and O–H groups in total. The zero-order valence-corrected chi connectivity index (χ0v) is 11.7. The van der Waals surface area contributed by atoms with E-state index < -0.39 is 21.9 Å². The number of aromatic nitrogens is 3. The monoisotopic (exact) mass is 299 g/mol. The molecule has 9 heteroatoms. The molecule has 1 aromatic carbocycles. The second-order valence-electron chi connectivity index (χ2n) is 4.33. The van der Waals surface area contributed by atoms with E-state index in [1.807, 2.05) is 0 Å². The summed E-state index contributed by atoms with van der Waals surface area (Å²) in [6.07, 6.45) is 1.46. The molecule has 0 radical (unpaired) electrons. The van der Waals surface area contributed by atoms with Crippen molar-refractivity contribution in [3.05, 3.63) is 36.2 Å². The summed E-state index contributed by atoms with van der Waals surface area (Å²) in [5, 5.41) is 7.50. The van der Waals surface area contributed by atoms with Crippen molar-refractivity contribution in [2.45, 2.75) is 17.9 Å². The number of aryl methyl sites for hydroxylation is 1. The van der Waals surface area contributed by atoms with Crippen molar-refractivity contribution in [2.24, 2.45) is 7.05 Å². The Morgan fingerprint density at radius 1 is 1.45 bits per heavy atom. The molecule has 0 saturated heterocycles. The number of hydrogen-bond donors (Lipinski definition) is 2. The summed E-state index contributed by atoms with van der Waals surface area (Å²) < 4.78 is 41.4. The van der Waals surface area contributed by atoms with Crippen molar-refractivity contribution in [1.82, 2.24) is 19.5 Å². The van der Waals surface area contributed by atoms with Crippen LogP contribution in [0.15, 0.2) is 29.4 Å². The Kier molecular flexibility index (Phi) is 3.73. The van der Waals surface area contributed by atoms with E-state index in [9.17, 15) is 12.8 Å². The van der Waals surface area contributed by atoms with E-state index in [0.29, 0.717) is 5.82 Å². The molecule has 0 aliphatic rings. The molecule has 0 fully saturated rings. The summed E-state index contributed by atoms with van der Waals surface area (Å²) in [5.74, 6) is -0.142. The van der Waals surface area contributed by atoms with Gasteiger partial charge in [-0.3, -0.25) is 0 Å². The highest BCUT2D eigenvalue weighted by atomic mass is 32.2. The van der Waals surface area contributed by atoms with Crippen LogP contribution >= 0.6 is 0 Å². The first-order valence-electron chi connectivity index (χ1n) is 5.72. The fourth-order valence-corrected chi connectivity index (χ4v) is 3.11. The van der Waals surface area contributed by atoms with Crippen molar-refractivity contribution in [3.63, 3.8) is 0 Å². The van der Waals surface area contributed by atoms with Crippen LogP contribution in [0.1, 0.15) is 18.8 Å². The van der Waals surface area contributed by atoms with Crippen molar-refractivity contribution in [2.75, 3.05) is 5.73 Å². The van der Waals surface area contributed by atoms with Crippen LogP contribution in [0.2, 0.25) is 0 Å². The number of benzene rings is 1. The first-order chi connectivity index (χ1) is 9.31. The Morgan fingerprint density at radius 3 is 2.70 bits per heavy atom. The lowest BCUT2D eigenvalue weighted by atomic mass is 10.3. The number of halogens is 1. The molecule has 0 aliphatic heterocycles. The maximum absolute atomic E-state index is 13.0. The van der Waals surface area contributed by atoms with Crippen LogP contribution in [0.25, 0.3) is 0 Å². The van der Waals surface area contributed by atoms with Gasteiger partial charge >= 0.3 is 0 Å². The maximum Gasteiger partial charge on any atom is 0.243 e. The van der Waals surface area contributed by atoms with Crippen LogP contribution < -0.4 is 10.5 Å². The van der Waals surface area contributed by atoms with Gasteiger partial charge in [0.15, 0.2) is 0 Å². The second kappa shape index (κ2) is 5.17. The van der Waals surface area contributed by atoms with E-state index in [1.165, 1.54) is 6.33 Å². The molecular weight excluding hydrogens is 285 g/mol. The molecule has 7 nitrogen and oxygen atoms in total. The molecule has 1 atom stereocenters. The minimum Gasteiger partial charge on any atom is -0.398 e. The van der Waals surface area contributed by atoms with Gasteiger partial charge in [-0.1, -0.05) is 0 Å². The number of nitrogens with zero attached hydrogens (tertiary/aromatic N) is 3. The predicted molar refractivity (Wildman–Crippen MR) is 70.6 cm³/mol. The van der Waals surface area contributed by atoms with Gasteiger partial charge in [0.05, 0.1) is 11.7 Å². The van der Waals surface area contributed by atoms with Crippen LogP contribution in [0, 0.1) is 5.82 Å². The average molecular weight is 299 g/mol. The fraction of sp³-hybridized carbons (Fsp3) is 0.273. The summed E-state index contributed by atoms with van der Waals surface area (Å²) in [6.45, 7) is 1.63. The average Bonchev–Trinajstić information content (AvgIpc) is 2.74.